The van der Waals surface area contributed by atoms with E-state index in [-0.39, 0.29) is 36.6 Å². The van der Waals surface area contributed by atoms with Gasteiger partial charge in [0, 0.05) is 51.3 Å². The van der Waals surface area contributed by atoms with Crippen molar-refractivity contribution in [1.82, 2.24) is 20.4 Å². The van der Waals surface area contributed by atoms with Crippen LogP contribution in [0.4, 0.5) is 0 Å². The first-order valence-electron chi connectivity index (χ1n) is 8.08. The van der Waals surface area contributed by atoms with Gasteiger partial charge in [-0.25, -0.2) is 0 Å². The summed E-state index contributed by atoms with van der Waals surface area (Å²) in [7, 11) is 3.89. The van der Waals surface area contributed by atoms with E-state index in [1.165, 1.54) is 0 Å². The highest BCUT2D eigenvalue weighted by molar-refractivity contribution is 5.94. The molecular formula is C17H28Cl2N4O2. The van der Waals surface area contributed by atoms with Gasteiger partial charge in [-0.3, -0.25) is 9.59 Å². The summed E-state index contributed by atoms with van der Waals surface area (Å²) in [6, 6.07) is 7.49. The largest absolute Gasteiger partial charge is 0.352 e. The van der Waals surface area contributed by atoms with Crippen LogP contribution in [0.2, 0.25) is 0 Å². The van der Waals surface area contributed by atoms with Crippen LogP contribution in [0.5, 0.6) is 0 Å². The fourth-order valence-corrected chi connectivity index (χ4v) is 2.48. The van der Waals surface area contributed by atoms with Gasteiger partial charge in [0.1, 0.15) is 0 Å². The minimum atomic E-state index is 0. The highest BCUT2D eigenvalue weighted by atomic mass is 35.5. The van der Waals surface area contributed by atoms with E-state index < -0.39 is 0 Å². The molecule has 0 bridgehead atoms. The van der Waals surface area contributed by atoms with E-state index in [2.05, 4.69) is 22.6 Å². The number of halogens is 2. The Morgan fingerprint density at radius 2 is 1.64 bits per heavy atom. The van der Waals surface area contributed by atoms with E-state index in [9.17, 15) is 9.59 Å². The molecule has 0 unspecified atom stereocenters. The van der Waals surface area contributed by atoms with E-state index in [0.29, 0.717) is 25.1 Å². The molecule has 1 aliphatic rings. The molecule has 0 saturated carbocycles. The summed E-state index contributed by atoms with van der Waals surface area (Å²) in [6.07, 6.45) is 0.469. The van der Waals surface area contributed by atoms with Gasteiger partial charge >= 0.3 is 0 Å². The van der Waals surface area contributed by atoms with Gasteiger partial charge in [-0.1, -0.05) is 12.1 Å². The van der Waals surface area contributed by atoms with Crippen molar-refractivity contribution in [2.45, 2.75) is 13.0 Å². The van der Waals surface area contributed by atoms with Gasteiger partial charge in [0.2, 0.25) is 5.91 Å². The van der Waals surface area contributed by atoms with Gasteiger partial charge in [-0.2, -0.15) is 0 Å². The highest BCUT2D eigenvalue weighted by Gasteiger charge is 2.20. The molecule has 1 aromatic carbocycles. The lowest BCUT2D eigenvalue weighted by Crippen LogP contribution is -2.47. The van der Waals surface area contributed by atoms with Crippen molar-refractivity contribution in [2.24, 2.45) is 0 Å². The van der Waals surface area contributed by atoms with Crippen LogP contribution < -0.4 is 10.6 Å². The van der Waals surface area contributed by atoms with Crippen LogP contribution in [-0.4, -0.2) is 68.4 Å². The van der Waals surface area contributed by atoms with E-state index >= 15 is 0 Å². The van der Waals surface area contributed by atoms with Crippen molar-refractivity contribution < 1.29 is 9.59 Å². The maximum Gasteiger partial charge on any atom is 0.253 e. The molecule has 0 spiro atoms. The second kappa shape index (κ2) is 12.1. The van der Waals surface area contributed by atoms with Crippen molar-refractivity contribution in [2.75, 3.05) is 46.8 Å². The average Bonchev–Trinajstić information content (AvgIpc) is 2.58. The van der Waals surface area contributed by atoms with E-state index in [0.717, 1.165) is 31.7 Å². The monoisotopic (exact) mass is 390 g/mol. The Kier molecular flexibility index (Phi) is 11.4. The number of carbonyl (C=O) groups is 2. The minimum absolute atomic E-state index is 0. The summed E-state index contributed by atoms with van der Waals surface area (Å²) >= 11 is 0. The number of carbonyl (C=O) groups excluding carboxylic acids is 2. The Bertz CT molecular complexity index is 532. The normalized spacial score (nSPS) is 14.2. The van der Waals surface area contributed by atoms with Gasteiger partial charge in [0.05, 0.1) is 0 Å². The van der Waals surface area contributed by atoms with Crippen LogP contribution in [0.1, 0.15) is 22.3 Å². The van der Waals surface area contributed by atoms with Crippen LogP contribution in [0.3, 0.4) is 0 Å². The van der Waals surface area contributed by atoms with Gasteiger partial charge in [-0.05, 0) is 31.8 Å². The van der Waals surface area contributed by atoms with Crippen LogP contribution in [0, 0.1) is 0 Å². The van der Waals surface area contributed by atoms with E-state index in [1.807, 2.05) is 36.2 Å². The molecule has 0 aromatic heterocycles. The first kappa shape index (κ1) is 23.7. The number of amides is 2. The van der Waals surface area contributed by atoms with Crippen LogP contribution in [-0.2, 0) is 11.3 Å². The lowest BCUT2D eigenvalue weighted by molar-refractivity contribution is -0.121. The Morgan fingerprint density at radius 1 is 1.04 bits per heavy atom. The number of benzene rings is 1. The third kappa shape index (κ3) is 7.61. The molecule has 1 aromatic rings. The van der Waals surface area contributed by atoms with Gasteiger partial charge < -0.3 is 20.4 Å². The van der Waals surface area contributed by atoms with Gasteiger partial charge in [0.15, 0.2) is 0 Å². The minimum Gasteiger partial charge on any atom is -0.352 e. The standard InChI is InChI=1S/C17H26N4O2.2ClH/c1-18-8-7-16(22)19-13-14-3-5-15(6-4-14)17(23)21-11-9-20(2)10-12-21;;/h3-6,18H,7-13H2,1-2H3,(H,19,22);2*1H. The molecule has 25 heavy (non-hydrogen) atoms. The summed E-state index contributed by atoms with van der Waals surface area (Å²) < 4.78 is 0. The molecule has 2 rings (SSSR count). The second-order valence-corrected chi connectivity index (χ2v) is 5.92. The lowest BCUT2D eigenvalue weighted by atomic mass is 10.1. The molecule has 0 aliphatic carbocycles. The molecule has 0 atom stereocenters. The fraction of sp³-hybridized carbons (Fsp3) is 0.529. The van der Waals surface area contributed by atoms with E-state index in [4.69, 9.17) is 0 Å². The number of hydrogen-bond acceptors (Lipinski definition) is 4. The fourth-order valence-electron chi connectivity index (χ4n) is 2.48. The third-order valence-electron chi connectivity index (χ3n) is 4.08. The summed E-state index contributed by atoms with van der Waals surface area (Å²) in [5, 5.41) is 5.82. The van der Waals surface area contributed by atoms with Crippen LogP contribution in [0.25, 0.3) is 0 Å². The van der Waals surface area contributed by atoms with Crippen LogP contribution >= 0.6 is 24.8 Å². The lowest BCUT2D eigenvalue weighted by Gasteiger charge is -2.32. The van der Waals surface area contributed by atoms with E-state index in [1.54, 1.807) is 0 Å². The van der Waals surface area contributed by atoms with Crippen LogP contribution in [0.15, 0.2) is 24.3 Å². The molecule has 1 saturated heterocycles. The first-order chi connectivity index (χ1) is 11.1. The molecule has 1 fully saturated rings. The Hall–Kier alpha value is -1.34. The van der Waals surface area contributed by atoms with Gasteiger partial charge in [-0.15, -0.1) is 24.8 Å². The molecule has 1 heterocycles. The molecule has 1 aliphatic heterocycles. The van der Waals surface area contributed by atoms with Gasteiger partial charge in [0.25, 0.3) is 5.91 Å². The van der Waals surface area contributed by atoms with Crippen molar-refractivity contribution in [3.63, 3.8) is 0 Å². The van der Waals surface area contributed by atoms with Crippen molar-refractivity contribution >= 4 is 36.6 Å². The summed E-state index contributed by atoms with van der Waals surface area (Å²) in [6.45, 7) is 4.55. The average molecular weight is 391 g/mol. The molecule has 6 nitrogen and oxygen atoms in total. The number of hydrogen-bond donors (Lipinski definition) is 2. The Morgan fingerprint density at radius 3 is 2.20 bits per heavy atom. The number of likely N-dealkylation sites (N-methyl/N-ethyl adjacent to an activating group) is 1. The molecular weight excluding hydrogens is 363 g/mol. The number of nitrogens with zero attached hydrogens (tertiary/aromatic N) is 2. The van der Waals surface area contributed by atoms with Crippen molar-refractivity contribution in [3.8, 4) is 0 Å². The predicted molar refractivity (Wildman–Crippen MR) is 105 cm³/mol. The van der Waals surface area contributed by atoms with Crippen molar-refractivity contribution in [1.29, 1.82) is 0 Å². The zero-order valence-corrected chi connectivity index (χ0v) is 16.4. The molecule has 8 heteroatoms. The number of piperazine rings is 1. The number of rotatable bonds is 6. The molecule has 2 N–H and O–H groups in total. The second-order valence-electron chi connectivity index (χ2n) is 5.92. The Balaban J connectivity index is 0.00000288. The maximum absolute atomic E-state index is 12.4. The zero-order valence-electron chi connectivity index (χ0n) is 14.8. The summed E-state index contributed by atoms with van der Waals surface area (Å²) in [4.78, 5) is 28.1. The summed E-state index contributed by atoms with van der Waals surface area (Å²) in [5.41, 5.74) is 1.71. The first-order valence-corrected chi connectivity index (χ1v) is 8.08. The van der Waals surface area contributed by atoms with Crippen molar-refractivity contribution in [3.05, 3.63) is 35.4 Å². The Labute approximate surface area is 162 Å². The SMILES string of the molecule is CNCCC(=O)NCc1ccc(C(=O)N2CCN(C)CC2)cc1.Cl.Cl. The molecule has 2 amide bonds. The maximum atomic E-state index is 12.4. The smallest absolute Gasteiger partial charge is 0.253 e. The quantitative estimate of drug-likeness (QED) is 0.764. The topological polar surface area (TPSA) is 64.7 Å². The molecule has 0 radical (unpaired) electrons. The number of nitrogens with one attached hydrogen (secondary N) is 2. The highest BCUT2D eigenvalue weighted by Crippen LogP contribution is 2.10. The zero-order chi connectivity index (χ0) is 16.7. The molecule has 142 valence electrons. The summed E-state index contributed by atoms with van der Waals surface area (Å²) in [5.74, 6) is 0.111. The predicted octanol–water partition coefficient (Wildman–Crippen LogP) is 1.14. The third-order valence-corrected chi connectivity index (χ3v) is 4.08.